The zero-order chi connectivity index (χ0) is 14.3. The minimum absolute atomic E-state index is 0.384. The highest BCUT2D eigenvalue weighted by molar-refractivity contribution is 5.39. The molecule has 0 aliphatic heterocycles. The van der Waals surface area contributed by atoms with E-state index in [1.165, 1.54) is 24.0 Å². The van der Waals surface area contributed by atoms with E-state index in [9.17, 15) is 0 Å². The van der Waals surface area contributed by atoms with Crippen molar-refractivity contribution in [3.05, 3.63) is 29.3 Å². The van der Waals surface area contributed by atoms with E-state index in [0.717, 1.165) is 18.7 Å². The molecule has 0 fully saturated rings. The van der Waals surface area contributed by atoms with Gasteiger partial charge in [-0.15, -0.1) is 0 Å². The Morgan fingerprint density at radius 2 is 1.95 bits per heavy atom. The topological polar surface area (TPSA) is 21.3 Å². The van der Waals surface area contributed by atoms with Crippen molar-refractivity contribution in [1.82, 2.24) is 5.32 Å². The monoisotopic (exact) mass is 263 g/mol. The van der Waals surface area contributed by atoms with E-state index in [1.807, 2.05) is 0 Å². The molecule has 108 valence electrons. The molecular weight excluding hydrogens is 234 g/mol. The van der Waals surface area contributed by atoms with Crippen LogP contribution >= 0.6 is 0 Å². The Labute approximate surface area is 118 Å². The number of hydrogen-bond acceptors (Lipinski definition) is 2. The maximum absolute atomic E-state index is 5.55. The van der Waals surface area contributed by atoms with Crippen molar-refractivity contribution in [2.45, 2.75) is 53.0 Å². The van der Waals surface area contributed by atoms with Crippen LogP contribution < -0.4 is 10.1 Å². The van der Waals surface area contributed by atoms with Crippen molar-refractivity contribution < 1.29 is 4.74 Å². The maximum atomic E-state index is 5.55. The van der Waals surface area contributed by atoms with Crippen molar-refractivity contribution in [2.24, 2.45) is 5.92 Å². The van der Waals surface area contributed by atoms with E-state index >= 15 is 0 Å². The molecule has 2 unspecified atom stereocenters. The molecule has 1 N–H and O–H groups in total. The summed E-state index contributed by atoms with van der Waals surface area (Å²) < 4.78 is 5.55. The Morgan fingerprint density at radius 1 is 1.21 bits per heavy atom. The number of hydrogen-bond donors (Lipinski definition) is 1. The van der Waals surface area contributed by atoms with Gasteiger partial charge in [0.15, 0.2) is 0 Å². The summed E-state index contributed by atoms with van der Waals surface area (Å²) in [5, 5.41) is 3.69. The standard InChI is InChI=1S/C17H29NO/c1-6-8-14(4)17(18-11-7-2)15-12-13(3)9-10-16(15)19-5/h9-10,12,14,17-18H,6-8,11H2,1-5H3. The van der Waals surface area contributed by atoms with E-state index in [4.69, 9.17) is 4.74 Å². The fourth-order valence-corrected chi connectivity index (χ4v) is 2.64. The molecule has 0 bridgehead atoms. The number of nitrogens with one attached hydrogen (secondary N) is 1. The van der Waals surface area contributed by atoms with Crippen LogP contribution in [0.2, 0.25) is 0 Å². The van der Waals surface area contributed by atoms with Crippen LogP contribution in [0.4, 0.5) is 0 Å². The summed E-state index contributed by atoms with van der Waals surface area (Å²) in [6.45, 7) is 9.99. The lowest BCUT2D eigenvalue weighted by molar-refractivity contribution is 0.342. The minimum atomic E-state index is 0.384. The van der Waals surface area contributed by atoms with Crippen LogP contribution in [0.3, 0.4) is 0 Å². The highest BCUT2D eigenvalue weighted by Crippen LogP contribution is 2.33. The molecule has 2 atom stereocenters. The van der Waals surface area contributed by atoms with Crippen LogP contribution in [0.1, 0.15) is 57.2 Å². The summed E-state index contributed by atoms with van der Waals surface area (Å²) in [6, 6.07) is 6.85. The van der Waals surface area contributed by atoms with Crippen LogP contribution in [0, 0.1) is 12.8 Å². The van der Waals surface area contributed by atoms with Gasteiger partial charge in [-0.05, 0) is 38.3 Å². The van der Waals surface area contributed by atoms with Gasteiger partial charge < -0.3 is 10.1 Å². The molecule has 0 radical (unpaired) electrons. The molecule has 0 spiro atoms. The zero-order valence-electron chi connectivity index (χ0n) is 13.1. The quantitative estimate of drug-likeness (QED) is 0.746. The van der Waals surface area contributed by atoms with Crippen LogP contribution in [-0.4, -0.2) is 13.7 Å². The van der Waals surface area contributed by atoms with Crippen molar-refractivity contribution in [1.29, 1.82) is 0 Å². The SMILES string of the molecule is CCCNC(c1cc(C)ccc1OC)C(C)CCC. The Kier molecular flexibility index (Phi) is 6.93. The van der Waals surface area contributed by atoms with Gasteiger partial charge in [-0.1, -0.05) is 44.9 Å². The van der Waals surface area contributed by atoms with Crippen molar-refractivity contribution in [3.8, 4) is 5.75 Å². The number of ether oxygens (including phenoxy) is 1. The fourth-order valence-electron chi connectivity index (χ4n) is 2.64. The van der Waals surface area contributed by atoms with Gasteiger partial charge in [0, 0.05) is 11.6 Å². The molecule has 0 amide bonds. The molecule has 0 aromatic heterocycles. The number of benzene rings is 1. The predicted molar refractivity (Wildman–Crippen MR) is 82.8 cm³/mol. The first-order valence-electron chi connectivity index (χ1n) is 7.51. The normalized spacial score (nSPS) is 14.2. The highest BCUT2D eigenvalue weighted by atomic mass is 16.5. The average Bonchev–Trinajstić information content (AvgIpc) is 2.40. The molecule has 1 rings (SSSR count). The van der Waals surface area contributed by atoms with Gasteiger partial charge in [-0.25, -0.2) is 0 Å². The molecule has 1 aromatic carbocycles. The number of rotatable bonds is 8. The largest absolute Gasteiger partial charge is 0.496 e. The van der Waals surface area contributed by atoms with Crippen LogP contribution in [0.5, 0.6) is 5.75 Å². The van der Waals surface area contributed by atoms with E-state index in [0.29, 0.717) is 12.0 Å². The van der Waals surface area contributed by atoms with Gasteiger partial charge in [0.05, 0.1) is 7.11 Å². The Balaban J connectivity index is 3.04. The first kappa shape index (κ1) is 16.0. The minimum Gasteiger partial charge on any atom is -0.496 e. The lowest BCUT2D eigenvalue weighted by atomic mass is 9.89. The summed E-state index contributed by atoms with van der Waals surface area (Å²) in [7, 11) is 1.76. The molecule has 0 saturated carbocycles. The third-order valence-corrected chi connectivity index (χ3v) is 3.65. The summed E-state index contributed by atoms with van der Waals surface area (Å²) in [5.74, 6) is 1.62. The van der Waals surface area contributed by atoms with Crippen LogP contribution in [0.15, 0.2) is 18.2 Å². The molecule has 0 heterocycles. The maximum Gasteiger partial charge on any atom is 0.123 e. The molecule has 0 saturated heterocycles. The highest BCUT2D eigenvalue weighted by Gasteiger charge is 2.21. The lowest BCUT2D eigenvalue weighted by Crippen LogP contribution is -2.28. The van der Waals surface area contributed by atoms with Crippen LogP contribution in [-0.2, 0) is 0 Å². The fraction of sp³-hybridized carbons (Fsp3) is 0.647. The van der Waals surface area contributed by atoms with Gasteiger partial charge in [-0.2, -0.15) is 0 Å². The van der Waals surface area contributed by atoms with Crippen molar-refractivity contribution >= 4 is 0 Å². The second-order valence-electron chi connectivity index (χ2n) is 5.44. The second kappa shape index (κ2) is 8.21. The number of methoxy groups -OCH3 is 1. The van der Waals surface area contributed by atoms with Gasteiger partial charge >= 0.3 is 0 Å². The Morgan fingerprint density at radius 3 is 2.53 bits per heavy atom. The summed E-state index contributed by atoms with van der Waals surface area (Å²) in [4.78, 5) is 0. The molecular formula is C17H29NO. The van der Waals surface area contributed by atoms with Gasteiger partial charge in [0.25, 0.3) is 0 Å². The third-order valence-electron chi connectivity index (χ3n) is 3.65. The summed E-state index contributed by atoms with van der Waals surface area (Å²) >= 11 is 0. The van der Waals surface area contributed by atoms with Gasteiger partial charge in [-0.3, -0.25) is 0 Å². The van der Waals surface area contributed by atoms with E-state index in [-0.39, 0.29) is 0 Å². The molecule has 0 aliphatic rings. The third kappa shape index (κ3) is 4.54. The molecule has 2 heteroatoms. The van der Waals surface area contributed by atoms with Gasteiger partial charge in [0.1, 0.15) is 5.75 Å². The first-order valence-corrected chi connectivity index (χ1v) is 7.51. The van der Waals surface area contributed by atoms with E-state index in [2.05, 4.69) is 51.2 Å². The second-order valence-corrected chi connectivity index (χ2v) is 5.44. The van der Waals surface area contributed by atoms with Gasteiger partial charge in [0.2, 0.25) is 0 Å². The molecule has 2 nitrogen and oxygen atoms in total. The van der Waals surface area contributed by atoms with Crippen molar-refractivity contribution in [3.63, 3.8) is 0 Å². The smallest absolute Gasteiger partial charge is 0.123 e. The van der Waals surface area contributed by atoms with Crippen LogP contribution in [0.25, 0.3) is 0 Å². The Bertz CT molecular complexity index is 376. The Hall–Kier alpha value is -1.02. The molecule has 0 aliphatic carbocycles. The average molecular weight is 263 g/mol. The zero-order valence-corrected chi connectivity index (χ0v) is 13.1. The summed E-state index contributed by atoms with van der Waals surface area (Å²) in [6.07, 6.45) is 3.61. The molecule has 1 aromatic rings. The summed E-state index contributed by atoms with van der Waals surface area (Å²) in [5.41, 5.74) is 2.60. The predicted octanol–water partition coefficient (Wildman–Crippen LogP) is 4.48. The van der Waals surface area contributed by atoms with E-state index < -0.39 is 0 Å². The molecule has 19 heavy (non-hydrogen) atoms. The van der Waals surface area contributed by atoms with E-state index in [1.54, 1.807) is 7.11 Å². The van der Waals surface area contributed by atoms with Crippen molar-refractivity contribution in [2.75, 3.05) is 13.7 Å². The number of aryl methyl sites for hydroxylation is 1. The lowest BCUT2D eigenvalue weighted by Gasteiger charge is -2.27. The first-order chi connectivity index (χ1) is 9.13.